The van der Waals surface area contributed by atoms with Crippen LogP contribution in [0.25, 0.3) is 0 Å². The van der Waals surface area contributed by atoms with Gasteiger partial charge in [-0.1, -0.05) is 17.7 Å². The number of carbonyl (C=O) groups is 1. The average molecular weight is 264 g/mol. The van der Waals surface area contributed by atoms with Crippen LogP contribution in [0.5, 0.6) is 0 Å². The zero-order valence-corrected chi connectivity index (χ0v) is 9.56. The van der Waals surface area contributed by atoms with E-state index in [9.17, 15) is 18.0 Å². The van der Waals surface area contributed by atoms with Crippen molar-refractivity contribution in [1.29, 1.82) is 0 Å². The third-order valence-corrected chi connectivity index (χ3v) is 2.20. The molecule has 0 aromatic heterocycles. The van der Waals surface area contributed by atoms with Crippen molar-refractivity contribution in [3.63, 3.8) is 0 Å². The molecule has 1 N–H and O–H groups in total. The van der Waals surface area contributed by atoms with Gasteiger partial charge in [0.15, 0.2) is 0 Å². The van der Waals surface area contributed by atoms with Gasteiger partial charge in [-0.15, -0.1) is 0 Å². The van der Waals surface area contributed by atoms with Crippen LogP contribution in [0.3, 0.4) is 0 Å². The van der Waals surface area contributed by atoms with Gasteiger partial charge in [0.25, 0.3) is 0 Å². The summed E-state index contributed by atoms with van der Waals surface area (Å²) in [6.07, 6.45) is -1.81. The Hall–Kier alpha value is -1.49. The van der Waals surface area contributed by atoms with Crippen molar-refractivity contribution in [2.75, 3.05) is 5.32 Å². The topological polar surface area (TPSA) is 29.1 Å². The van der Waals surface area contributed by atoms with Crippen LogP contribution < -0.4 is 5.32 Å². The highest BCUT2D eigenvalue weighted by molar-refractivity contribution is 6.33. The Morgan fingerprint density at radius 2 is 2.06 bits per heavy atom. The Morgan fingerprint density at radius 1 is 1.41 bits per heavy atom. The third-order valence-electron chi connectivity index (χ3n) is 1.87. The van der Waals surface area contributed by atoms with Crippen molar-refractivity contribution in [1.82, 2.24) is 0 Å². The molecule has 1 aromatic rings. The molecule has 6 heteroatoms. The summed E-state index contributed by atoms with van der Waals surface area (Å²) in [5, 5.41) is 2.32. The summed E-state index contributed by atoms with van der Waals surface area (Å²) < 4.78 is 37.2. The zero-order valence-electron chi connectivity index (χ0n) is 8.81. The summed E-state index contributed by atoms with van der Waals surface area (Å²) in [6.45, 7) is 1.62. The molecule has 0 fully saturated rings. The minimum Gasteiger partial charge on any atom is -0.321 e. The minimum atomic E-state index is -4.47. The van der Waals surface area contributed by atoms with Gasteiger partial charge in [-0.3, -0.25) is 4.79 Å². The number of hydrogen-bond donors (Lipinski definition) is 1. The maximum Gasteiger partial charge on any atom is 0.416 e. The summed E-state index contributed by atoms with van der Waals surface area (Å²) in [6, 6.07) is 2.74. The first-order valence-electron chi connectivity index (χ1n) is 4.65. The Balaban J connectivity index is 3.03. The lowest BCUT2D eigenvalue weighted by Crippen LogP contribution is -2.10. The number of halogens is 4. The van der Waals surface area contributed by atoms with E-state index in [-0.39, 0.29) is 10.7 Å². The van der Waals surface area contributed by atoms with E-state index in [1.807, 2.05) is 0 Å². The lowest BCUT2D eigenvalue weighted by atomic mass is 10.2. The Bertz CT molecular complexity index is 455. The number of rotatable bonds is 2. The molecule has 0 saturated heterocycles. The number of hydrogen-bond acceptors (Lipinski definition) is 1. The minimum absolute atomic E-state index is 0.0517. The molecule has 17 heavy (non-hydrogen) atoms. The first-order valence-corrected chi connectivity index (χ1v) is 5.03. The molecular formula is C11H9ClF3NO. The van der Waals surface area contributed by atoms with Crippen LogP contribution >= 0.6 is 11.6 Å². The van der Waals surface area contributed by atoms with E-state index in [2.05, 4.69) is 5.32 Å². The molecule has 0 radical (unpaired) electrons. The van der Waals surface area contributed by atoms with E-state index >= 15 is 0 Å². The maximum absolute atomic E-state index is 12.4. The van der Waals surface area contributed by atoms with Crippen LogP contribution in [-0.2, 0) is 11.0 Å². The van der Waals surface area contributed by atoms with Gasteiger partial charge in [0.2, 0.25) is 5.91 Å². The lowest BCUT2D eigenvalue weighted by molar-refractivity contribution is -0.137. The number of nitrogens with one attached hydrogen (secondary N) is 1. The van der Waals surface area contributed by atoms with Crippen LogP contribution in [0.4, 0.5) is 18.9 Å². The molecule has 0 heterocycles. The molecule has 0 saturated carbocycles. The Kier molecular flexibility index (Phi) is 4.17. The largest absolute Gasteiger partial charge is 0.416 e. The van der Waals surface area contributed by atoms with Crippen LogP contribution in [0, 0.1) is 0 Å². The molecule has 0 unspecified atom stereocenters. The summed E-state index contributed by atoms with van der Waals surface area (Å²) in [5.74, 6) is -0.534. The van der Waals surface area contributed by atoms with Crippen molar-refractivity contribution >= 4 is 23.2 Å². The summed E-state index contributed by atoms with van der Waals surface area (Å²) in [4.78, 5) is 11.2. The summed E-state index contributed by atoms with van der Waals surface area (Å²) >= 11 is 5.68. The third kappa shape index (κ3) is 3.78. The number of amides is 1. The summed E-state index contributed by atoms with van der Waals surface area (Å²) in [7, 11) is 0. The van der Waals surface area contributed by atoms with Gasteiger partial charge in [0, 0.05) is 0 Å². The van der Waals surface area contributed by atoms with Crippen LogP contribution in [0.15, 0.2) is 30.4 Å². The molecule has 92 valence electrons. The van der Waals surface area contributed by atoms with E-state index in [1.165, 1.54) is 12.2 Å². The van der Waals surface area contributed by atoms with Gasteiger partial charge in [0.05, 0.1) is 16.3 Å². The normalized spacial score (nSPS) is 11.8. The second-order valence-electron chi connectivity index (χ2n) is 3.18. The van der Waals surface area contributed by atoms with E-state index in [1.54, 1.807) is 6.92 Å². The molecule has 0 bridgehead atoms. The number of alkyl halides is 3. The monoisotopic (exact) mass is 263 g/mol. The zero-order chi connectivity index (χ0) is 13.1. The van der Waals surface area contributed by atoms with Crippen molar-refractivity contribution in [2.24, 2.45) is 0 Å². The molecular weight excluding hydrogens is 255 g/mol. The van der Waals surface area contributed by atoms with Crippen molar-refractivity contribution in [2.45, 2.75) is 13.1 Å². The molecule has 0 aliphatic heterocycles. The maximum atomic E-state index is 12.4. The molecule has 2 nitrogen and oxygen atoms in total. The molecule has 1 amide bonds. The number of carbonyl (C=O) groups excluding carboxylic acids is 1. The molecule has 0 atom stereocenters. The quantitative estimate of drug-likeness (QED) is 0.806. The highest BCUT2D eigenvalue weighted by Crippen LogP contribution is 2.33. The molecule has 0 aliphatic rings. The predicted molar refractivity (Wildman–Crippen MR) is 59.9 cm³/mol. The number of anilines is 1. The van der Waals surface area contributed by atoms with Crippen molar-refractivity contribution in [3.05, 3.63) is 40.9 Å². The molecule has 1 rings (SSSR count). The van der Waals surface area contributed by atoms with E-state index in [0.717, 1.165) is 18.2 Å². The average Bonchev–Trinajstić information content (AvgIpc) is 2.20. The van der Waals surface area contributed by atoms with Crippen molar-refractivity contribution < 1.29 is 18.0 Å². The fourth-order valence-corrected chi connectivity index (χ4v) is 1.29. The summed E-state index contributed by atoms with van der Waals surface area (Å²) in [5.41, 5.74) is -0.928. The Labute approximate surface area is 101 Å². The highest BCUT2D eigenvalue weighted by Gasteiger charge is 2.31. The molecule has 0 spiro atoms. The van der Waals surface area contributed by atoms with E-state index in [4.69, 9.17) is 11.6 Å². The first kappa shape index (κ1) is 13.6. The fraction of sp³-hybridized carbons (Fsp3) is 0.182. The van der Waals surface area contributed by atoms with Gasteiger partial charge in [-0.2, -0.15) is 13.2 Å². The standard InChI is InChI=1S/C11H9ClF3NO/c1-2-3-10(17)16-9-6-7(11(13,14)15)4-5-8(9)12/h2-6H,1H3,(H,16,17)/b3-2-. The number of allylic oxidation sites excluding steroid dienone is 1. The molecule has 0 aliphatic carbocycles. The van der Waals surface area contributed by atoms with E-state index in [0.29, 0.717) is 0 Å². The second-order valence-corrected chi connectivity index (χ2v) is 3.59. The SMILES string of the molecule is C/C=C\C(=O)Nc1cc(C(F)(F)F)ccc1Cl. The predicted octanol–water partition coefficient (Wildman–Crippen LogP) is 3.87. The first-order chi connectivity index (χ1) is 7.84. The second kappa shape index (κ2) is 5.23. The lowest BCUT2D eigenvalue weighted by Gasteiger charge is -2.10. The van der Waals surface area contributed by atoms with Crippen LogP contribution in [-0.4, -0.2) is 5.91 Å². The van der Waals surface area contributed by atoms with Crippen LogP contribution in [0.1, 0.15) is 12.5 Å². The Morgan fingerprint density at radius 3 is 2.59 bits per heavy atom. The highest BCUT2D eigenvalue weighted by atomic mass is 35.5. The van der Waals surface area contributed by atoms with Gasteiger partial charge in [0.1, 0.15) is 0 Å². The fourth-order valence-electron chi connectivity index (χ4n) is 1.12. The number of benzene rings is 1. The van der Waals surface area contributed by atoms with Gasteiger partial charge in [-0.25, -0.2) is 0 Å². The smallest absolute Gasteiger partial charge is 0.321 e. The van der Waals surface area contributed by atoms with Gasteiger partial charge < -0.3 is 5.32 Å². The van der Waals surface area contributed by atoms with Gasteiger partial charge in [-0.05, 0) is 31.2 Å². The van der Waals surface area contributed by atoms with E-state index < -0.39 is 17.6 Å². The molecule has 1 aromatic carbocycles. The van der Waals surface area contributed by atoms with Crippen LogP contribution in [0.2, 0.25) is 5.02 Å². The van der Waals surface area contributed by atoms with Gasteiger partial charge >= 0.3 is 6.18 Å². The van der Waals surface area contributed by atoms with Crippen molar-refractivity contribution in [3.8, 4) is 0 Å².